The quantitative estimate of drug-likeness (QED) is 0.870. The van der Waals surface area contributed by atoms with Gasteiger partial charge in [0.1, 0.15) is 12.1 Å². The summed E-state index contributed by atoms with van der Waals surface area (Å²) in [6.07, 6.45) is 2.22. The Morgan fingerprint density at radius 3 is 2.95 bits per heavy atom. The van der Waals surface area contributed by atoms with Gasteiger partial charge in [-0.05, 0) is 30.4 Å². The maximum atomic E-state index is 12.5. The Morgan fingerprint density at radius 1 is 1.24 bits per heavy atom. The van der Waals surface area contributed by atoms with Gasteiger partial charge in [0.15, 0.2) is 0 Å². The van der Waals surface area contributed by atoms with Gasteiger partial charge in [0.25, 0.3) is 0 Å². The number of carbonyl (C=O) groups is 2. The molecule has 0 saturated carbocycles. The van der Waals surface area contributed by atoms with Crippen LogP contribution in [0.15, 0.2) is 30.3 Å². The first kappa shape index (κ1) is 12.4. The summed E-state index contributed by atoms with van der Waals surface area (Å²) in [5, 5.41) is 4.01. The van der Waals surface area contributed by atoms with E-state index in [1.165, 1.54) is 0 Å². The molecule has 2 N–H and O–H groups in total. The van der Waals surface area contributed by atoms with Crippen molar-refractivity contribution in [3.05, 3.63) is 36.0 Å². The van der Waals surface area contributed by atoms with Gasteiger partial charge in [-0.1, -0.05) is 18.2 Å². The van der Waals surface area contributed by atoms with E-state index in [4.69, 9.17) is 0 Å². The zero-order valence-electron chi connectivity index (χ0n) is 11.6. The minimum absolute atomic E-state index is 0.00629. The highest BCUT2D eigenvalue weighted by molar-refractivity contribution is 5.97. The van der Waals surface area contributed by atoms with Gasteiger partial charge >= 0.3 is 0 Å². The Balaban J connectivity index is 1.58. The van der Waals surface area contributed by atoms with Crippen molar-refractivity contribution < 1.29 is 9.59 Å². The standard InChI is InChI=1S/C16H17N3O2/c20-15-14-6-3-7-19(14)16(21)13(18-15)9-11-8-10-4-1-2-5-12(10)17-11/h1-2,4-5,8,13-14,17H,3,6-7,9H2,(H,18,20)/t13-,14+/m1/s1. The summed E-state index contributed by atoms with van der Waals surface area (Å²) >= 11 is 0. The van der Waals surface area contributed by atoms with Gasteiger partial charge in [-0.3, -0.25) is 9.59 Å². The first-order valence-electron chi connectivity index (χ1n) is 7.40. The van der Waals surface area contributed by atoms with Crippen LogP contribution in [0.5, 0.6) is 0 Å². The second kappa shape index (κ2) is 4.62. The van der Waals surface area contributed by atoms with Crippen molar-refractivity contribution in [3.8, 4) is 0 Å². The van der Waals surface area contributed by atoms with Gasteiger partial charge in [0.2, 0.25) is 11.8 Å². The van der Waals surface area contributed by atoms with Crippen LogP contribution in [-0.2, 0) is 16.0 Å². The van der Waals surface area contributed by atoms with Crippen LogP contribution < -0.4 is 5.32 Å². The molecule has 2 fully saturated rings. The van der Waals surface area contributed by atoms with Crippen LogP contribution in [0.25, 0.3) is 10.9 Å². The molecular weight excluding hydrogens is 266 g/mol. The molecule has 0 unspecified atom stereocenters. The summed E-state index contributed by atoms with van der Waals surface area (Å²) in [7, 11) is 0. The summed E-state index contributed by atoms with van der Waals surface area (Å²) in [6.45, 7) is 0.708. The molecule has 4 rings (SSSR count). The highest BCUT2D eigenvalue weighted by atomic mass is 16.2. The third kappa shape index (κ3) is 2.00. The van der Waals surface area contributed by atoms with Gasteiger partial charge in [0.05, 0.1) is 0 Å². The Hall–Kier alpha value is -2.30. The Labute approximate surface area is 122 Å². The van der Waals surface area contributed by atoms with E-state index in [1.54, 1.807) is 4.90 Å². The van der Waals surface area contributed by atoms with Crippen molar-refractivity contribution in [2.75, 3.05) is 6.54 Å². The molecule has 2 atom stereocenters. The molecule has 21 heavy (non-hydrogen) atoms. The SMILES string of the molecule is O=C1N[C@H](Cc2cc3ccccc3[nH]2)C(=O)N2CCC[C@@H]12. The number of H-pyrrole nitrogens is 1. The fourth-order valence-electron chi connectivity index (χ4n) is 3.43. The van der Waals surface area contributed by atoms with Crippen molar-refractivity contribution in [2.45, 2.75) is 31.3 Å². The second-order valence-corrected chi connectivity index (χ2v) is 5.84. The van der Waals surface area contributed by atoms with Crippen molar-refractivity contribution in [1.29, 1.82) is 0 Å². The van der Waals surface area contributed by atoms with Gasteiger partial charge < -0.3 is 15.2 Å². The molecule has 5 nitrogen and oxygen atoms in total. The monoisotopic (exact) mass is 283 g/mol. The number of piperazine rings is 1. The van der Waals surface area contributed by atoms with Crippen LogP contribution in [0.3, 0.4) is 0 Å². The molecule has 108 valence electrons. The number of nitrogens with zero attached hydrogens (tertiary/aromatic N) is 1. The second-order valence-electron chi connectivity index (χ2n) is 5.84. The van der Waals surface area contributed by atoms with Crippen LogP contribution in [0, 0.1) is 0 Å². The lowest BCUT2D eigenvalue weighted by Gasteiger charge is -2.34. The van der Waals surface area contributed by atoms with Crippen LogP contribution in [-0.4, -0.2) is 40.3 Å². The molecule has 2 aliphatic rings. The number of rotatable bonds is 2. The summed E-state index contributed by atoms with van der Waals surface area (Å²) in [4.78, 5) is 29.6. The normalized spacial score (nSPS) is 25.2. The van der Waals surface area contributed by atoms with Gasteiger partial charge in [-0.25, -0.2) is 0 Å². The number of fused-ring (bicyclic) bond motifs is 2. The molecular formula is C16H17N3O2. The molecule has 3 heterocycles. The fraction of sp³-hybridized carbons (Fsp3) is 0.375. The van der Waals surface area contributed by atoms with E-state index in [9.17, 15) is 9.59 Å². The van der Waals surface area contributed by atoms with Crippen molar-refractivity contribution in [2.24, 2.45) is 0 Å². The summed E-state index contributed by atoms with van der Waals surface area (Å²) in [5.41, 5.74) is 2.04. The predicted molar refractivity (Wildman–Crippen MR) is 78.7 cm³/mol. The van der Waals surface area contributed by atoms with Gasteiger partial charge in [-0.15, -0.1) is 0 Å². The van der Waals surface area contributed by atoms with E-state index >= 15 is 0 Å². The number of amides is 2. The van der Waals surface area contributed by atoms with E-state index in [1.807, 2.05) is 30.3 Å². The Bertz CT molecular complexity index is 688. The highest BCUT2D eigenvalue weighted by Crippen LogP contribution is 2.24. The number of nitrogens with one attached hydrogen (secondary N) is 2. The molecule has 2 amide bonds. The Morgan fingerprint density at radius 2 is 2.10 bits per heavy atom. The average Bonchev–Trinajstić information content (AvgIpc) is 3.10. The lowest BCUT2D eigenvalue weighted by atomic mass is 10.0. The third-order valence-corrected chi connectivity index (χ3v) is 4.46. The number of carbonyl (C=O) groups excluding carboxylic acids is 2. The molecule has 1 aromatic carbocycles. The first-order valence-corrected chi connectivity index (χ1v) is 7.40. The summed E-state index contributed by atoms with van der Waals surface area (Å²) < 4.78 is 0. The highest BCUT2D eigenvalue weighted by Gasteiger charge is 2.42. The fourth-order valence-corrected chi connectivity index (χ4v) is 3.43. The number of aromatic nitrogens is 1. The van der Waals surface area contributed by atoms with E-state index in [2.05, 4.69) is 10.3 Å². The van der Waals surface area contributed by atoms with Crippen LogP contribution in [0.1, 0.15) is 18.5 Å². The molecule has 5 heteroatoms. The number of hydrogen-bond acceptors (Lipinski definition) is 2. The first-order chi connectivity index (χ1) is 10.2. The van der Waals surface area contributed by atoms with Gasteiger partial charge in [-0.2, -0.15) is 0 Å². The number of aromatic amines is 1. The molecule has 0 spiro atoms. The van der Waals surface area contributed by atoms with Crippen molar-refractivity contribution >= 4 is 22.7 Å². The van der Waals surface area contributed by atoms with Gasteiger partial charge in [0, 0.05) is 24.2 Å². The minimum Gasteiger partial charge on any atom is -0.358 e. The number of para-hydroxylation sites is 1. The Kier molecular flexibility index (Phi) is 2.74. The molecule has 2 aromatic rings. The van der Waals surface area contributed by atoms with E-state index < -0.39 is 6.04 Å². The van der Waals surface area contributed by atoms with E-state index in [0.717, 1.165) is 29.4 Å². The molecule has 0 radical (unpaired) electrons. The molecule has 0 bridgehead atoms. The molecule has 2 aliphatic heterocycles. The zero-order valence-corrected chi connectivity index (χ0v) is 11.6. The van der Waals surface area contributed by atoms with Crippen LogP contribution >= 0.6 is 0 Å². The van der Waals surface area contributed by atoms with E-state index in [0.29, 0.717) is 13.0 Å². The molecule has 1 aromatic heterocycles. The summed E-state index contributed by atoms with van der Waals surface area (Å²) in [5.74, 6) is 0.0453. The maximum absolute atomic E-state index is 12.5. The smallest absolute Gasteiger partial charge is 0.246 e. The predicted octanol–water partition coefficient (Wildman–Crippen LogP) is 1.20. The van der Waals surface area contributed by atoms with Crippen LogP contribution in [0.2, 0.25) is 0 Å². The molecule has 0 aliphatic carbocycles. The lowest BCUT2D eigenvalue weighted by molar-refractivity contribution is -0.147. The minimum atomic E-state index is -0.445. The zero-order chi connectivity index (χ0) is 14.4. The topological polar surface area (TPSA) is 65.2 Å². The van der Waals surface area contributed by atoms with E-state index in [-0.39, 0.29) is 17.9 Å². The summed E-state index contributed by atoms with van der Waals surface area (Å²) in [6, 6.07) is 9.37. The number of benzene rings is 1. The third-order valence-electron chi connectivity index (χ3n) is 4.46. The molecule has 2 saturated heterocycles. The number of hydrogen-bond donors (Lipinski definition) is 2. The van der Waals surface area contributed by atoms with Crippen molar-refractivity contribution in [1.82, 2.24) is 15.2 Å². The largest absolute Gasteiger partial charge is 0.358 e. The average molecular weight is 283 g/mol. The van der Waals surface area contributed by atoms with Crippen LogP contribution in [0.4, 0.5) is 0 Å². The maximum Gasteiger partial charge on any atom is 0.246 e. The lowest BCUT2D eigenvalue weighted by Crippen LogP contribution is -2.61. The van der Waals surface area contributed by atoms with Crippen molar-refractivity contribution in [3.63, 3.8) is 0 Å².